The summed E-state index contributed by atoms with van der Waals surface area (Å²) in [4.78, 5) is 103. The zero-order valence-corrected chi connectivity index (χ0v) is 40.8. The van der Waals surface area contributed by atoms with E-state index in [1.54, 1.807) is 6.92 Å². The highest BCUT2D eigenvalue weighted by Crippen LogP contribution is 2.44. The number of carboxylic acids is 1. The molecule has 6 amide bonds. The maximum Gasteiger partial charge on any atom is 0.410 e. The minimum Gasteiger partial charge on any atom is -0.480 e. The number of rotatable bonds is 18. The molecule has 0 spiro atoms. The molecule has 0 unspecified atom stereocenters. The summed E-state index contributed by atoms with van der Waals surface area (Å²) in [6.07, 6.45) is 6.89. The third kappa shape index (κ3) is 11.8. The first-order valence-corrected chi connectivity index (χ1v) is 25.0. The smallest absolute Gasteiger partial charge is 0.410 e. The van der Waals surface area contributed by atoms with Crippen LogP contribution in [0.4, 0.5) is 4.79 Å². The number of fused-ring (bicyclic) bond motifs is 3. The standard InChI is InChI=1S/C54H70N6O9/c1-34(2)30-44(50(63)59-28-16-26-45(59)52(65)58(5)47(53(66)67)32-37-20-10-7-11-21-37)56-49(62)43(31-36-18-8-6-9-19-36)55-48(61)35(3)57(4)51(64)46-27-17-29-60(46)54(68)69-33-42-40-24-14-12-22-38(40)39-23-13-15-25-41(39)42/h7,10-15,20-25,34-36,42-47H,6,8-9,16-19,26-33H2,1-5H3,(H,55,61)(H,56,62)(H,66,67)/t35-,43-,44-,45-,46-,47-/m0/s1. The number of ether oxygens (including phenoxy) is 1. The van der Waals surface area contributed by atoms with E-state index in [2.05, 4.69) is 22.8 Å². The fourth-order valence-corrected chi connectivity index (χ4v) is 10.9. The van der Waals surface area contributed by atoms with Crippen molar-refractivity contribution in [2.24, 2.45) is 11.8 Å². The zero-order valence-electron chi connectivity index (χ0n) is 40.8. The Morgan fingerprint density at radius 2 is 1.22 bits per heavy atom. The molecule has 3 N–H and O–H groups in total. The highest BCUT2D eigenvalue weighted by Gasteiger charge is 2.43. The Balaban J connectivity index is 1.00. The van der Waals surface area contributed by atoms with Gasteiger partial charge in [0.1, 0.15) is 42.9 Å². The van der Waals surface area contributed by atoms with Gasteiger partial charge in [0.15, 0.2) is 0 Å². The van der Waals surface area contributed by atoms with Gasteiger partial charge in [-0.2, -0.15) is 0 Å². The number of nitrogens with one attached hydrogen (secondary N) is 2. The fraction of sp³-hybridized carbons (Fsp3) is 0.537. The lowest BCUT2D eigenvalue weighted by molar-refractivity contribution is -0.153. The zero-order chi connectivity index (χ0) is 49.4. The Kier molecular flexibility index (Phi) is 16.8. The monoisotopic (exact) mass is 947 g/mol. The Labute approximate surface area is 406 Å². The Morgan fingerprint density at radius 1 is 0.667 bits per heavy atom. The minimum atomic E-state index is -1.15. The van der Waals surface area contributed by atoms with Crippen molar-refractivity contribution in [1.82, 2.24) is 30.2 Å². The van der Waals surface area contributed by atoms with Gasteiger partial charge < -0.3 is 35.2 Å². The SMILES string of the molecule is CC(C)C[C@H](NC(=O)[C@H](CC1CCCCC1)NC(=O)[C@H](C)N(C)C(=O)[C@@H]1CCCN1C(=O)OCC1c2ccccc2-c2ccccc21)C(=O)N1CCC[C@H]1C(=O)N(C)[C@@H](Cc1ccccc1)C(=O)O. The second-order valence-corrected chi connectivity index (χ2v) is 20.0. The van der Waals surface area contributed by atoms with Crippen molar-refractivity contribution in [2.75, 3.05) is 33.8 Å². The summed E-state index contributed by atoms with van der Waals surface area (Å²) >= 11 is 0. The molecule has 2 saturated heterocycles. The lowest BCUT2D eigenvalue weighted by Crippen LogP contribution is -2.59. The number of hydrogen-bond acceptors (Lipinski definition) is 8. The van der Waals surface area contributed by atoms with E-state index in [4.69, 9.17) is 4.74 Å². The van der Waals surface area contributed by atoms with Crippen LogP contribution in [0.2, 0.25) is 0 Å². The summed E-state index contributed by atoms with van der Waals surface area (Å²) in [6, 6.07) is 19.3. The third-order valence-corrected chi connectivity index (χ3v) is 14.9. The predicted molar refractivity (Wildman–Crippen MR) is 261 cm³/mol. The molecule has 3 aromatic carbocycles. The predicted octanol–water partition coefficient (Wildman–Crippen LogP) is 6.38. The van der Waals surface area contributed by atoms with E-state index in [0.717, 1.165) is 59.9 Å². The molecule has 15 nitrogen and oxygen atoms in total. The number of likely N-dealkylation sites (tertiary alicyclic amines) is 2. The number of nitrogens with zero attached hydrogens (tertiary/aromatic N) is 4. The van der Waals surface area contributed by atoms with Crippen LogP contribution in [-0.4, -0.2) is 136 Å². The van der Waals surface area contributed by atoms with Crippen LogP contribution in [-0.2, 0) is 39.9 Å². The maximum absolute atomic E-state index is 14.5. The van der Waals surface area contributed by atoms with Gasteiger partial charge >= 0.3 is 12.1 Å². The van der Waals surface area contributed by atoms with Gasteiger partial charge in [0.05, 0.1) is 0 Å². The van der Waals surface area contributed by atoms with Crippen molar-refractivity contribution in [3.05, 3.63) is 95.6 Å². The third-order valence-electron chi connectivity index (χ3n) is 14.9. The van der Waals surface area contributed by atoms with E-state index >= 15 is 0 Å². The second-order valence-electron chi connectivity index (χ2n) is 20.0. The molecule has 0 aromatic heterocycles. The maximum atomic E-state index is 14.5. The van der Waals surface area contributed by atoms with Crippen LogP contribution < -0.4 is 10.6 Å². The van der Waals surface area contributed by atoms with E-state index < -0.39 is 77.8 Å². The van der Waals surface area contributed by atoms with E-state index in [-0.39, 0.29) is 43.7 Å². The van der Waals surface area contributed by atoms with E-state index in [9.17, 15) is 38.7 Å². The van der Waals surface area contributed by atoms with Gasteiger partial charge in [-0.15, -0.1) is 0 Å². The molecule has 2 heterocycles. The summed E-state index contributed by atoms with van der Waals surface area (Å²) < 4.78 is 5.94. The van der Waals surface area contributed by atoms with Crippen LogP contribution in [0.3, 0.4) is 0 Å². The first-order valence-electron chi connectivity index (χ1n) is 25.0. The van der Waals surface area contributed by atoms with Crippen LogP contribution >= 0.6 is 0 Å². The molecule has 2 aliphatic carbocycles. The van der Waals surface area contributed by atoms with Gasteiger partial charge in [0.25, 0.3) is 0 Å². The van der Waals surface area contributed by atoms with Crippen molar-refractivity contribution >= 4 is 41.6 Å². The highest BCUT2D eigenvalue weighted by atomic mass is 16.6. The molecule has 7 rings (SSSR count). The van der Waals surface area contributed by atoms with Crippen molar-refractivity contribution < 1.29 is 43.4 Å². The molecule has 3 fully saturated rings. The molecule has 370 valence electrons. The number of likely N-dealkylation sites (N-methyl/N-ethyl adjacent to an activating group) is 2. The summed E-state index contributed by atoms with van der Waals surface area (Å²) in [6.45, 7) is 6.18. The van der Waals surface area contributed by atoms with Crippen LogP contribution in [0, 0.1) is 11.8 Å². The summed E-state index contributed by atoms with van der Waals surface area (Å²) in [5.41, 5.74) is 5.15. The van der Waals surface area contributed by atoms with Gasteiger partial charge in [0.2, 0.25) is 29.5 Å². The molecular formula is C54H70N6O9. The molecule has 2 aliphatic heterocycles. The lowest BCUT2D eigenvalue weighted by atomic mass is 9.84. The molecule has 4 aliphatic rings. The van der Waals surface area contributed by atoms with Crippen LogP contribution in [0.5, 0.6) is 0 Å². The van der Waals surface area contributed by atoms with E-state index in [1.807, 2.05) is 80.6 Å². The minimum absolute atomic E-state index is 0.0319. The molecule has 1 saturated carbocycles. The normalized spacial score (nSPS) is 19.7. The number of hydrogen-bond donors (Lipinski definition) is 3. The highest BCUT2D eigenvalue weighted by molar-refractivity contribution is 5.97. The van der Waals surface area contributed by atoms with Gasteiger partial charge in [0, 0.05) is 39.5 Å². The van der Waals surface area contributed by atoms with E-state index in [0.29, 0.717) is 38.6 Å². The molecule has 69 heavy (non-hydrogen) atoms. The summed E-state index contributed by atoms with van der Waals surface area (Å²) in [5.74, 6) is -3.56. The Morgan fingerprint density at radius 3 is 1.83 bits per heavy atom. The molecule has 0 radical (unpaired) electrons. The van der Waals surface area contributed by atoms with Crippen molar-refractivity contribution in [2.45, 2.75) is 140 Å². The molecule has 0 bridgehead atoms. The molecular weight excluding hydrogens is 877 g/mol. The lowest BCUT2D eigenvalue weighted by Gasteiger charge is -2.34. The largest absolute Gasteiger partial charge is 0.480 e. The van der Waals surface area contributed by atoms with Crippen molar-refractivity contribution in [3.8, 4) is 11.1 Å². The number of carbonyl (C=O) groups excluding carboxylic acids is 6. The first-order chi connectivity index (χ1) is 33.1. The molecule has 3 aromatic rings. The van der Waals surface area contributed by atoms with Gasteiger partial charge in [-0.3, -0.25) is 28.9 Å². The summed E-state index contributed by atoms with van der Waals surface area (Å²) in [7, 11) is 2.98. The first kappa shape index (κ1) is 50.6. The Hall–Kier alpha value is -6.25. The number of aliphatic carboxylic acids is 1. The van der Waals surface area contributed by atoms with E-state index in [1.165, 1.54) is 33.7 Å². The number of carbonyl (C=O) groups is 7. The number of carboxylic acid groups (broad SMARTS) is 1. The van der Waals surface area contributed by atoms with Gasteiger partial charge in [-0.05, 0) is 85.1 Å². The topological polar surface area (TPSA) is 186 Å². The van der Waals surface area contributed by atoms with Crippen LogP contribution in [0.1, 0.15) is 114 Å². The molecule has 6 atom stereocenters. The number of amides is 6. The van der Waals surface area contributed by atoms with Crippen molar-refractivity contribution in [3.63, 3.8) is 0 Å². The van der Waals surface area contributed by atoms with Crippen molar-refractivity contribution in [1.29, 1.82) is 0 Å². The van der Waals surface area contributed by atoms with Gasteiger partial charge in [-0.25, -0.2) is 9.59 Å². The summed E-state index contributed by atoms with van der Waals surface area (Å²) in [5, 5.41) is 16.1. The fourth-order valence-electron chi connectivity index (χ4n) is 10.9. The van der Waals surface area contributed by atoms with Gasteiger partial charge in [-0.1, -0.05) is 125 Å². The average molecular weight is 947 g/mol. The number of benzene rings is 3. The average Bonchev–Trinajstić information content (AvgIpc) is 4.12. The van der Waals surface area contributed by atoms with Crippen LogP contribution in [0.15, 0.2) is 78.9 Å². The Bertz CT molecular complexity index is 2290. The van der Waals surface area contributed by atoms with Crippen LogP contribution in [0.25, 0.3) is 11.1 Å². The second kappa shape index (κ2) is 22.9. The molecule has 15 heteroatoms. The quantitative estimate of drug-likeness (QED) is 0.130.